The molecule has 0 spiro atoms. The monoisotopic (exact) mass is 356 g/mol. The first-order valence-corrected chi connectivity index (χ1v) is 7.59. The minimum atomic E-state index is -0.397. The third kappa shape index (κ3) is 6.73. The van der Waals surface area contributed by atoms with Crippen LogP contribution in [0.2, 0.25) is 0 Å². The lowest BCUT2D eigenvalue weighted by Gasteiger charge is -2.18. The summed E-state index contributed by atoms with van der Waals surface area (Å²) in [6.45, 7) is 1.86. The van der Waals surface area contributed by atoms with Gasteiger partial charge in [0.15, 0.2) is 0 Å². The summed E-state index contributed by atoms with van der Waals surface area (Å²) >= 11 is 3.36. The molecule has 0 bridgehead atoms. The molecule has 21 heavy (non-hydrogen) atoms. The number of esters is 1. The van der Waals surface area contributed by atoms with E-state index in [0.29, 0.717) is 12.8 Å². The van der Waals surface area contributed by atoms with Gasteiger partial charge in [0.2, 0.25) is 5.91 Å². The Labute approximate surface area is 133 Å². The molecule has 1 aromatic rings. The molecular formula is C15H21BrN2O3. The molecular weight excluding hydrogens is 336 g/mol. The fraction of sp³-hybridized carbons (Fsp3) is 0.467. The minimum Gasteiger partial charge on any atom is -0.469 e. The quantitative estimate of drug-likeness (QED) is 0.734. The fourth-order valence-corrected chi connectivity index (χ4v) is 2.09. The number of amides is 1. The number of carbonyl (C=O) groups is 2. The predicted molar refractivity (Wildman–Crippen MR) is 84.5 cm³/mol. The van der Waals surface area contributed by atoms with E-state index in [0.717, 1.165) is 10.0 Å². The number of halogens is 1. The van der Waals surface area contributed by atoms with Crippen LogP contribution in [-0.4, -0.2) is 25.0 Å². The van der Waals surface area contributed by atoms with E-state index >= 15 is 0 Å². The molecule has 1 aromatic carbocycles. The second kappa shape index (κ2) is 8.79. The maximum Gasteiger partial charge on any atom is 0.307 e. The van der Waals surface area contributed by atoms with Gasteiger partial charge in [-0.15, -0.1) is 0 Å². The summed E-state index contributed by atoms with van der Waals surface area (Å²) in [5.74, 6) is -0.487. The maximum atomic E-state index is 11.9. The SMILES string of the molecule is COC(=O)CC(NC(=O)CCC(C)N)c1ccc(Br)cc1. The number of methoxy groups -OCH3 is 1. The Morgan fingerprint density at radius 2 is 1.95 bits per heavy atom. The maximum absolute atomic E-state index is 11.9. The Morgan fingerprint density at radius 1 is 1.33 bits per heavy atom. The van der Waals surface area contributed by atoms with E-state index in [4.69, 9.17) is 5.73 Å². The average Bonchev–Trinajstić information content (AvgIpc) is 2.45. The highest BCUT2D eigenvalue weighted by Crippen LogP contribution is 2.20. The van der Waals surface area contributed by atoms with Crippen LogP contribution in [0.1, 0.15) is 37.8 Å². The Balaban J connectivity index is 2.75. The van der Waals surface area contributed by atoms with Crippen LogP contribution in [0.25, 0.3) is 0 Å². The number of benzene rings is 1. The highest BCUT2D eigenvalue weighted by atomic mass is 79.9. The Hall–Kier alpha value is -1.40. The van der Waals surface area contributed by atoms with E-state index in [-0.39, 0.29) is 24.3 Å². The average molecular weight is 357 g/mol. The molecule has 116 valence electrons. The van der Waals surface area contributed by atoms with E-state index in [9.17, 15) is 9.59 Å². The van der Waals surface area contributed by atoms with Gasteiger partial charge in [0.25, 0.3) is 0 Å². The van der Waals surface area contributed by atoms with Crippen molar-refractivity contribution in [3.63, 3.8) is 0 Å². The number of nitrogens with two attached hydrogens (primary N) is 1. The number of nitrogens with one attached hydrogen (secondary N) is 1. The number of hydrogen-bond acceptors (Lipinski definition) is 4. The lowest BCUT2D eigenvalue weighted by atomic mass is 10.0. The van der Waals surface area contributed by atoms with Crippen LogP contribution in [-0.2, 0) is 14.3 Å². The molecule has 0 aliphatic carbocycles. The zero-order valence-electron chi connectivity index (χ0n) is 12.3. The molecule has 2 unspecified atom stereocenters. The zero-order valence-corrected chi connectivity index (χ0v) is 13.9. The third-order valence-electron chi connectivity index (χ3n) is 3.03. The molecule has 3 N–H and O–H groups in total. The molecule has 0 aliphatic heterocycles. The van der Waals surface area contributed by atoms with E-state index in [2.05, 4.69) is 26.0 Å². The van der Waals surface area contributed by atoms with Gasteiger partial charge in [-0.25, -0.2) is 0 Å². The van der Waals surface area contributed by atoms with Gasteiger partial charge in [-0.05, 0) is 31.0 Å². The van der Waals surface area contributed by atoms with Crippen molar-refractivity contribution in [3.8, 4) is 0 Å². The van der Waals surface area contributed by atoms with Crippen LogP contribution in [0.3, 0.4) is 0 Å². The van der Waals surface area contributed by atoms with E-state index in [1.54, 1.807) is 0 Å². The summed E-state index contributed by atoms with van der Waals surface area (Å²) in [4.78, 5) is 23.4. The van der Waals surface area contributed by atoms with Gasteiger partial charge in [-0.3, -0.25) is 9.59 Å². The van der Waals surface area contributed by atoms with Crippen molar-refractivity contribution < 1.29 is 14.3 Å². The summed E-state index contributed by atoms with van der Waals surface area (Å²) in [7, 11) is 1.33. The highest BCUT2D eigenvalue weighted by molar-refractivity contribution is 9.10. The molecule has 1 rings (SSSR count). The van der Waals surface area contributed by atoms with Crippen molar-refractivity contribution in [3.05, 3.63) is 34.3 Å². The zero-order chi connectivity index (χ0) is 15.8. The van der Waals surface area contributed by atoms with Gasteiger partial charge >= 0.3 is 5.97 Å². The number of hydrogen-bond donors (Lipinski definition) is 2. The molecule has 0 saturated heterocycles. The Kier molecular flexibility index (Phi) is 7.39. The van der Waals surface area contributed by atoms with Crippen molar-refractivity contribution in [2.24, 2.45) is 5.73 Å². The summed E-state index contributed by atoms with van der Waals surface area (Å²) in [6.07, 6.45) is 1.05. The van der Waals surface area contributed by atoms with Gasteiger partial charge in [0.05, 0.1) is 19.6 Å². The molecule has 0 heterocycles. The normalized spacial score (nSPS) is 13.3. The topological polar surface area (TPSA) is 81.4 Å². The summed E-state index contributed by atoms with van der Waals surface area (Å²) in [5.41, 5.74) is 6.50. The lowest BCUT2D eigenvalue weighted by Crippen LogP contribution is -2.31. The molecule has 5 nitrogen and oxygen atoms in total. The highest BCUT2D eigenvalue weighted by Gasteiger charge is 2.19. The first-order valence-electron chi connectivity index (χ1n) is 6.79. The Morgan fingerprint density at radius 3 is 2.48 bits per heavy atom. The largest absolute Gasteiger partial charge is 0.469 e. The van der Waals surface area contributed by atoms with Crippen molar-refractivity contribution in [2.45, 2.75) is 38.3 Å². The van der Waals surface area contributed by atoms with Crippen molar-refractivity contribution in [1.29, 1.82) is 0 Å². The van der Waals surface area contributed by atoms with E-state index in [1.807, 2.05) is 31.2 Å². The number of carbonyl (C=O) groups excluding carboxylic acids is 2. The van der Waals surface area contributed by atoms with Crippen LogP contribution < -0.4 is 11.1 Å². The van der Waals surface area contributed by atoms with Gasteiger partial charge in [0, 0.05) is 16.9 Å². The number of rotatable bonds is 7. The summed E-state index contributed by atoms with van der Waals surface area (Å²) in [5, 5.41) is 2.86. The first kappa shape index (κ1) is 17.7. The van der Waals surface area contributed by atoms with Gasteiger partial charge in [-0.2, -0.15) is 0 Å². The van der Waals surface area contributed by atoms with E-state index < -0.39 is 6.04 Å². The second-order valence-corrected chi connectivity index (χ2v) is 5.88. The molecule has 0 aliphatic rings. The van der Waals surface area contributed by atoms with Crippen LogP contribution in [0.15, 0.2) is 28.7 Å². The minimum absolute atomic E-state index is 0.0255. The molecule has 1 amide bonds. The Bertz CT molecular complexity index is 474. The lowest BCUT2D eigenvalue weighted by molar-refractivity contribution is -0.141. The van der Waals surface area contributed by atoms with Crippen LogP contribution in [0.4, 0.5) is 0 Å². The summed E-state index contributed by atoms with van der Waals surface area (Å²) in [6, 6.07) is 7.04. The van der Waals surface area contributed by atoms with Crippen LogP contribution in [0.5, 0.6) is 0 Å². The molecule has 0 radical (unpaired) electrons. The molecule has 0 fully saturated rings. The fourth-order valence-electron chi connectivity index (χ4n) is 1.82. The smallest absolute Gasteiger partial charge is 0.307 e. The van der Waals surface area contributed by atoms with E-state index in [1.165, 1.54) is 7.11 Å². The summed E-state index contributed by atoms with van der Waals surface area (Å²) < 4.78 is 5.62. The van der Waals surface area contributed by atoms with Crippen LogP contribution in [0, 0.1) is 0 Å². The van der Waals surface area contributed by atoms with Gasteiger partial charge in [-0.1, -0.05) is 28.1 Å². The van der Waals surface area contributed by atoms with Gasteiger partial charge < -0.3 is 15.8 Å². The molecule has 0 saturated carbocycles. The van der Waals surface area contributed by atoms with Gasteiger partial charge in [0.1, 0.15) is 0 Å². The predicted octanol–water partition coefficient (Wildman–Crippen LogP) is 2.30. The second-order valence-electron chi connectivity index (χ2n) is 4.97. The third-order valence-corrected chi connectivity index (χ3v) is 3.56. The standard InChI is InChI=1S/C15H21BrN2O3/c1-10(17)3-8-14(19)18-13(9-15(20)21-2)11-4-6-12(16)7-5-11/h4-7,10,13H,3,8-9,17H2,1-2H3,(H,18,19). The van der Waals surface area contributed by atoms with Crippen molar-refractivity contribution in [1.82, 2.24) is 5.32 Å². The van der Waals surface area contributed by atoms with Crippen molar-refractivity contribution in [2.75, 3.05) is 7.11 Å². The first-order chi connectivity index (χ1) is 9.92. The van der Waals surface area contributed by atoms with Crippen molar-refractivity contribution >= 4 is 27.8 Å². The molecule has 2 atom stereocenters. The van der Waals surface area contributed by atoms with Crippen LogP contribution >= 0.6 is 15.9 Å². The molecule has 6 heteroatoms. The molecule has 0 aromatic heterocycles. The number of ether oxygens (including phenoxy) is 1.